The molecule has 0 unspecified atom stereocenters. The van der Waals surface area contributed by atoms with E-state index in [0.29, 0.717) is 45.6 Å². The smallest absolute Gasteiger partial charge is 0.549 e. The fourth-order valence-electron chi connectivity index (χ4n) is 4.38. The second kappa shape index (κ2) is 18.7. The molecule has 0 bridgehead atoms. The number of hydrogen-bond donors (Lipinski definition) is 2. The van der Waals surface area contributed by atoms with Gasteiger partial charge in [-0.2, -0.15) is 0 Å². The zero-order valence-corrected chi connectivity index (χ0v) is 25.6. The monoisotopic (exact) mass is 741 g/mol. The number of aliphatic carboxylic acids is 3. The summed E-state index contributed by atoms with van der Waals surface area (Å²) in [5.41, 5.74) is 0.235. The Bertz CT molecular complexity index is 1140. The molecule has 0 atom stereocenters. The molecule has 0 spiro atoms. The van der Waals surface area contributed by atoms with Crippen LogP contribution in [-0.4, -0.2) is 130 Å². The number of hydrogen-bond acceptors (Lipinski definition) is 13. The van der Waals surface area contributed by atoms with Crippen molar-refractivity contribution in [2.75, 3.05) is 83.9 Å². The first-order valence-electron chi connectivity index (χ1n) is 12.7. The van der Waals surface area contributed by atoms with Gasteiger partial charge in [-0.25, -0.2) is 13.6 Å². The number of amides is 1. The molecule has 1 aliphatic heterocycles. The van der Waals surface area contributed by atoms with Crippen molar-refractivity contribution in [2.24, 2.45) is 5.14 Å². The Morgan fingerprint density at radius 3 is 1.46 bits per heavy atom. The molecule has 17 heteroatoms. The first kappa shape index (κ1) is 37.2. The second-order valence-electron chi connectivity index (χ2n) is 9.55. The van der Waals surface area contributed by atoms with Gasteiger partial charge in [-0.1, -0.05) is 6.07 Å². The maximum atomic E-state index is 12.8. The fraction of sp³-hybridized carbons (Fsp3) is 0.583. The predicted octanol–water partition coefficient (Wildman–Crippen LogP) is -5.48. The van der Waals surface area contributed by atoms with Crippen LogP contribution in [0.1, 0.15) is 12.8 Å². The van der Waals surface area contributed by atoms with E-state index in [0.717, 1.165) is 0 Å². The van der Waals surface area contributed by atoms with Gasteiger partial charge in [0, 0.05) is 51.5 Å². The Morgan fingerprint density at radius 1 is 0.707 bits per heavy atom. The summed E-state index contributed by atoms with van der Waals surface area (Å²) in [6.07, 6.45) is 0.879. The van der Waals surface area contributed by atoms with Crippen LogP contribution >= 0.6 is 0 Å². The maximum Gasteiger partial charge on any atom is 3.00 e. The zero-order chi connectivity index (χ0) is 29.7. The molecule has 229 valence electrons. The van der Waals surface area contributed by atoms with Gasteiger partial charge in [0.1, 0.15) is 0 Å². The van der Waals surface area contributed by atoms with Gasteiger partial charge in [-0.3, -0.25) is 24.4 Å². The summed E-state index contributed by atoms with van der Waals surface area (Å²) in [6, 6.07) is 5.49. The minimum Gasteiger partial charge on any atom is -0.549 e. The number of carboxylic acids is 3. The number of carbonyl (C=O) groups excluding carboxylic acids is 4. The van der Waals surface area contributed by atoms with Crippen molar-refractivity contribution >= 4 is 39.5 Å². The van der Waals surface area contributed by atoms with Crippen LogP contribution in [0.5, 0.6) is 0 Å². The van der Waals surface area contributed by atoms with Gasteiger partial charge in [0.15, 0.2) is 0 Å². The van der Waals surface area contributed by atoms with Crippen LogP contribution in [0.15, 0.2) is 29.2 Å². The Hall–Kier alpha value is -1.83. The van der Waals surface area contributed by atoms with E-state index in [1.54, 1.807) is 19.6 Å². The van der Waals surface area contributed by atoms with Gasteiger partial charge in [0.2, 0.25) is 15.9 Å². The average molecular weight is 741 g/mol. The number of anilines is 1. The number of nitrogens with one attached hydrogen (secondary N) is 1. The molecule has 15 nitrogen and oxygen atoms in total. The summed E-state index contributed by atoms with van der Waals surface area (Å²) in [5.74, 6) is -4.26. The van der Waals surface area contributed by atoms with Crippen molar-refractivity contribution in [1.82, 2.24) is 19.6 Å². The van der Waals surface area contributed by atoms with Crippen LogP contribution in [0.3, 0.4) is 0 Å². The SMILES string of the molecule is NS(=O)(=O)c1cccc(NC(=O)CN2CCCN(CC(=O)[O-])CCN(CC(=O)[O-])CCCN(CC(=O)[O-])CC2)c1.[Gd+3]. The molecule has 1 saturated heterocycles. The number of carboxylic acid groups (broad SMARTS) is 3. The van der Waals surface area contributed by atoms with Crippen LogP contribution in [0, 0.1) is 39.9 Å². The number of nitrogens with two attached hydrogens (primary N) is 1. The molecule has 2 rings (SSSR count). The first-order chi connectivity index (χ1) is 18.8. The van der Waals surface area contributed by atoms with Crippen LogP contribution in [0.2, 0.25) is 0 Å². The number of sulfonamides is 1. The van der Waals surface area contributed by atoms with Crippen molar-refractivity contribution in [3.63, 3.8) is 0 Å². The quantitative estimate of drug-likeness (QED) is 0.229. The molecule has 1 aliphatic rings. The largest absolute Gasteiger partial charge is 3.00 e. The number of benzene rings is 1. The summed E-state index contributed by atoms with van der Waals surface area (Å²) < 4.78 is 23.2. The average Bonchev–Trinajstić information content (AvgIpc) is 2.83. The molecule has 1 heterocycles. The summed E-state index contributed by atoms with van der Waals surface area (Å²) in [4.78, 5) is 53.0. The Balaban J connectivity index is 0.00000840. The molecule has 41 heavy (non-hydrogen) atoms. The van der Waals surface area contributed by atoms with E-state index in [9.17, 15) is 42.9 Å². The first-order valence-corrected chi connectivity index (χ1v) is 14.3. The van der Waals surface area contributed by atoms with Crippen molar-refractivity contribution in [3.05, 3.63) is 24.3 Å². The minimum atomic E-state index is -3.96. The molecular formula is C24H35GdN6O9S. The van der Waals surface area contributed by atoms with Crippen molar-refractivity contribution < 1.29 is 82.9 Å². The normalized spacial score (nSPS) is 17.6. The molecular weight excluding hydrogens is 706 g/mol. The van der Waals surface area contributed by atoms with Crippen LogP contribution in [0.25, 0.3) is 0 Å². The third-order valence-electron chi connectivity index (χ3n) is 6.23. The van der Waals surface area contributed by atoms with E-state index < -0.39 is 33.8 Å². The Morgan fingerprint density at radius 2 is 1.10 bits per heavy atom. The van der Waals surface area contributed by atoms with Gasteiger partial charge < -0.3 is 35.0 Å². The van der Waals surface area contributed by atoms with E-state index in [2.05, 4.69) is 5.32 Å². The zero-order valence-electron chi connectivity index (χ0n) is 22.5. The molecule has 0 saturated carbocycles. The van der Waals surface area contributed by atoms with E-state index in [1.165, 1.54) is 24.3 Å². The molecule has 1 aromatic carbocycles. The predicted molar refractivity (Wildman–Crippen MR) is 136 cm³/mol. The second-order valence-corrected chi connectivity index (χ2v) is 11.1. The Labute approximate surface area is 271 Å². The molecule has 1 aromatic rings. The molecule has 1 amide bonds. The summed E-state index contributed by atoms with van der Waals surface area (Å²) in [5, 5.41) is 41.5. The molecule has 1 fully saturated rings. The van der Waals surface area contributed by atoms with Gasteiger partial charge in [0.05, 0.1) is 29.3 Å². The van der Waals surface area contributed by atoms with Crippen molar-refractivity contribution in [3.8, 4) is 0 Å². The van der Waals surface area contributed by atoms with Crippen molar-refractivity contribution in [2.45, 2.75) is 17.7 Å². The number of carbonyl (C=O) groups is 4. The number of rotatable bonds is 10. The number of nitrogens with zero attached hydrogens (tertiary/aromatic N) is 4. The van der Waals surface area contributed by atoms with Crippen LogP contribution in [-0.2, 0) is 29.2 Å². The molecule has 3 N–H and O–H groups in total. The Kier molecular flexibility index (Phi) is 16.9. The number of primary sulfonamides is 1. The topological polar surface area (TPSA) is 223 Å². The van der Waals surface area contributed by atoms with Gasteiger partial charge in [-0.05, 0) is 57.2 Å². The summed E-state index contributed by atoms with van der Waals surface area (Å²) >= 11 is 0. The summed E-state index contributed by atoms with van der Waals surface area (Å²) in [7, 11) is -3.96. The van der Waals surface area contributed by atoms with E-state index in [-0.39, 0.29) is 96.3 Å². The van der Waals surface area contributed by atoms with Crippen LogP contribution in [0.4, 0.5) is 5.69 Å². The van der Waals surface area contributed by atoms with Crippen LogP contribution < -0.4 is 25.8 Å². The molecule has 0 aliphatic carbocycles. The van der Waals surface area contributed by atoms with Crippen molar-refractivity contribution in [1.29, 1.82) is 0 Å². The van der Waals surface area contributed by atoms with Gasteiger partial charge in [0.25, 0.3) is 0 Å². The van der Waals surface area contributed by atoms with E-state index in [1.807, 2.05) is 0 Å². The minimum absolute atomic E-state index is 0. The van der Waals surface area contributed by atoms with E-state index in [4.69, 9.17) is 5.14 Å². The molecule has 1 radical (unpaired) electrons. The summed E-state index contributed by atoms with van der Waals surface area (Å²) in [6.45, 7) is 1.26. The maximum absolute atomic E-state index is 12.8. The third kappa shape index (κ3) is 15.8. The van der Waals surface area contributed by atoms with E-state index >= 15 is 0 Å². The van der Waals surface area contributed by atoms with Gasteiger partial charge >= 0.3 is 39.9 Å². The standard InChI is InChI=1S/C24H38N6O9S.Gd/c25-40(38,39)20-5-1-4-19(14-20)26-21(31)15-27-6-2-7-29(17-23(34)35)12-13-30(18-24(36)37)9-3-8-28(11-10-27)16-22(32)33;/h1,4-5,14H,2-3,6-13,15-18H2,(H,26,31)(H,32,33)(H,34,35)(H,36,37)(H2,25,38,39);/q;+3/p-3. The van der Waals surface area contributed by atoms with Gasteiger partial charge in [-0.15, -0.1) is 0 Å². The fourth-order valence-corrected chi connectivity index (χ4v) is 4.94. The third-order valence-corrected chi connectivity index (χ3v) is 7.14. The molecule has 0 aromatic heterocycles.